The Morgan fingerprint density at radius 1 is 1.20 bits per heavy atom. The van der Waals surface area contributed by atoms with Crippen molar-refractivity contribution in [3.8, 4) is 5.75 Å². The van der Waals surface area contributed by atoms with Crippen LogP contribution in [0.3, 0.4) is 0 Å². The second-order valence-electron chi connectivity index (χ2n) is 4.39. The van der Waals surface area contributed by atoms with E-state index in [0.717, 1.165) is 18.6 Å². The largest absolute Gasteiger partial charge is 0.494 e. The van der Waals surface area contributed by atoms with Crippen molar-refractivity contribution >= 4 is 0 Å². The van der Waals surface area contributed by atoms with Crippen LogP contribution in [0.5, 0.6) is 5.75 Å². The molecule has 0 atom stereocenters. The quantitative estimate of drug-likeness (QED) is 0.806. The Balaban J connectivity index is 2.50. The zero-order chi connectivity index (χ0) is 11.3. The van der Waals surface area contributed by atoms with E-state index in [4.69, 9.17) is 4.74 Å². The number of ether oxygens (including phenoxy) is 1. The summed E-state index contributed by atoms with van der Waals surface area (Å²) in [7, 11) is 0. The summed E-state index contributed by atoms with van der Waals surface area (Å²) in [5.41, 5.74) is 0.652. The molecule has 0 aliphatic carbocycles. The summed E-state index contributed by atoms with van der Waals surface area (Å²) in [5, 5.41) is 9.59. The van der Waals surface area contributed by atoms with Gasteiger partial charge in [-0.2, -0.15) is 0 Å². The average molecular weight is 208 g/mol. The molecule has 15 heavy (non-hydrogen) atoms. The van der Waals surface area contributed by atoms with Crippen LogP contribution in [-0.2, 0) is 6.42 Å². The molecule has 0 radical (unpaired) electrons. The SMILES string of the molecule is CCOc1ccc(CCC(C)(C)O)cc1. The molecule has 1 aromatic carbocycles. The van der Waals surface area contributed by atoms with Crippen LogP contribution in [0.4, 0.5) is 0 Å². The third-order valence-corrected chi connectivity index (χ3v) is 2.26. The molecule has 0 heterocycles. The van der Waals surface area contributed by atoms with Gasteiger partial charge in [0.1, 0.15) is 5.75 Å². The molecule has 84 valence electrons. The Labute approximate surface area is 91.9 Å². The van der Waals surface area contributed by atoms with Crippen molar-refractivity contribution in [3.05, 3.63) is 29.8 Å². The highest BCUT2D eigenvalue weighted by Crippen LogP contribution is 2.16. The van der Waals surface area contributed by atoms with E-state index in [-0.39, 0.29) is 0 Å². The highest BCUT2D eigenvalue weighted by Gasteiger charge is 2.11. The molecule has 0 saturated carbocycles. The van der Waals surface area contributed by atoms with Gasteiger partial charge in [-0.3, -0.25) is 0 Å². The first-order valence-corrected chi connectivity index (χ1v) is 5.45. The van der Waals surface area contributed by atoms with E-state index in [2.05, 4.69) is 12.1 Å². The van der Waals surface area contributed by atoms with Gasteiger partial charge in [-0.1, -0.05) is 12.1 Å². The molecule has 0 aliphatic heterocycles. The van der Waals surface area contributed by atoms with Gasteiger partial charge in [-0.05, 0) is 51.3 Å². The van der Waals surface area contributed by atoms with E-state index in [1.807, 2.05) is 32.9 Å². The second kappa shape index (κ2) is 5.17. The molecule has 0 fully saturated rings. The average Bonchev–Trinajstić information content (AvgIpc) is 2.16. The lowest BCUT2D eigenvalue weighted by molar-refractivity contribution is 0.0714. The van der Waals surface area contributed by atoms with E-state index in [9.17, 15) is 5.11 Å². The number of rotatable bonds is 5. The summed E-state index contributed by atoms with van der Waals surface area (Å²) in [6.45, 7) is 6.34. The van der Waals surface area contributed by atoms with Crippen molar-refractivity contribution in [2.24, 2.45) is 0 Å². The lowest BCUT2D eigenvalue weighted by Crippen LogP contribution is -2.19. The van der Waals surface area contributed by atoms with Gasteiger partial charge in [-0.15, -0.1) is 0 Å². The summed E-state index contributed by atoms with van der Waals surface area (Å²) in [6.07, 6.45) is 1.68. The fourth-order valence-corrected chi connectivity index (χ4v) is 1.37. The molecule has 1 rings (SSSR count). The number of benzene rings is 1. The van der Waals surface area contributed by atoms with E-state index >= 15 is 0 Å². The Morgan fingerprint density at radius 3 is 2.27 bits per heavy atom. The molecule has 2 nitrogen and oxygen atoms in total. The minimum absolute atomic E-state index is 0.585. The molecule has 1 N–H and O–H groups in total. The second-order valence-corrected chi connectivity index (χ2v) is 4.39. The van der Waals surface area contributed by atoms with Gasteiger partial charge in [0.2, 0.25) is 0 Å². The zero-order valence-electron chi connectivity index (χ0n) is 9.79. The van der Waals surface area contributed by atoms with E-state index in [0.29, 0.717) is 6.61 Å². The third kappa shape index (κ3) is 4.84. The summed E-state index contributed by atoms with van der Waals surface area (Å²) < 4.78 is 5.36. The molecule has 0 bridgehead atoms. The Bertz CT molecular complexity index is 282. The topological polar surface area (TPSA) is 29.5 Å². The molecule has 1 aromatic rings. The van der Waals surface area contributed by atoms with Crippen molar-refractivity contribution in [2.45, 2.75) is 39.2 Å². The fourth-order valence-electron chi connectivity index (χ4n) is 1.37. The summed E-state index contributed by atoms with van der Waals surface area (Å²) in [4.78, 5) is 0. The van der Waals surface area contributed by atoms with Crippen molar-refractivity contribution in [1.82, 2.24) is 0 Å². The highest BCUT2D eigenvalue weighted by molar-refractivity contribution is 5.27. The van der Waals surface area contributed by atoms with Crippen LogP contribution in [0.2, 0.25) is 0 Å². The molecule has 0 aromatic heterocycles. The van der Waals surface area contributed by atoms with Crippen LogP contribution in [0.25, 0.3) is 0 Å². The van der Waals surface area contributed by atoms with Crippen LogP contribution in [0.15, 0.2) is 24.3 Å². The minimum atomic E-state index is -0.585. The van der Waals surface area contributed by atoms with E-state index in [1.54, 1.807) is 0 Å². The van der Waals surface area contributed by atoms with Crippen LogP contribution in [0, 0.1) is 0 Å². The molecule has 2 heteroatoms. The standard InChI is InChI=1S/C13H20O2/c1-4-15-12-7-5-11(6-8-12)9-10-13(2,3)14/h5-8,14H,4,9-10H2,1-3H3. The first kappa shape index (κ1) is 12.1. The predicted octanol–water partition coefficient (Wildman–Crippen LogP) is 2.79. The van der Waals surface area contributed by atoms with Crippen molar-refractivity contribution in [2.75, 3.05) is 6.61 Å². The van der Waals surface area contributed by atoms with Crippen molar-refractivity contribution in [3.63, 3.8) is 0 Å². The summed E-state index contributed by atoms with van der Waals surface area (Å²) in [5.74, 6) is 0.907. The molecule has 0 aliphatic rings. The van der Waals surface area contributed by atoms with Crippen molar-refractivity contribution < 1.29 is 9.84 Å². The first-order chi connectivity index (χ1) is 7.01. The molecule has 0 amide bonds. The predicted molar refractivity (Wildman–Crippen MR) is 62.2 cm³/mol. The maximum Gasteiger partial charge on any atom is 0.119 e. The lowest BCUT2D eigenvalue weighted by Gasteiger charge is -2.16. The van der Waals surface area contributed by atoms with Crippen LogP contribution in [0.1, 0.15) is 32.8 Å². The van der Waals surface area contributed by atoms with Gasteiger partial charge in [0.25, 0.3) is 0 Å². The third-order valence-electron chi connectivity index (χ3n) is 2.26. The van der Waals surface area contributed by atoms with Gasteiger partial charge in [0.05, 0.1) is 12.2 Å². The number of hydrogen-bond acceptors (Lipinski definition) is 2. The van der Waals surface area contributed by atoms with Crippen molar-refractivity contribution in [1.29, 1.82) is 0 Å². The maximum atomic E-state index is 9.59. The molecule has 0 spiro atoms. The molecule has 0 unspecified atom stereocenters. The van der Waals surface area contributed by atoms with Gasteiger partial charge in [0.15, 0.2) is 0 Å². The summed E-state index contributed by atoms with van der Waals surface area (Å²) in [6, 6.07) is 8.06. The highest BCUT2D eigenvalue weighted by atomic mass is 16.5. The smallest absolute Gasteiger partial charge is 0.119 e. The zero-order valence-corrected chi connectivity index (χ0v) is 9.79. The van der Waals surface area contributed by atoms with Gasteiger partial charge < -0.3 is 9.84 Å². The lowest BCUT2D eigenvalue weighted by atomic mass is 9.99. The maximum absolute atomic E-state index is 9.59. The Morgan fingerprint density at radius 2 is 1.80 bits per heavy atom. The Hall–Kier alpha value is -1.02. The molecular formula is C13H20O2. The molecule has 0 saturated heterocycles. The van der Waals surface area contributed by atoms with Crippen LogP contribution in [-0.4, -0.2) is 17.3 Å². The Kier molecular flexibility index (Phi) is 4.15. The summed E-state index contributed by atoms with van der Waals surface area (Å²) >= 11 is 0. The van der Waals surface area contributed by atoms with Gasteiger partial charge in [-0.25, -0.2) is 0 Å². The molecular weight excluding hydrogens is 188 g/mol. The fraction of sp³-hybridized carbons (Fsp3) is 0.538. The van der Waals surface area contributed by atoms with Crippen LogP contribution >= 0.6 is 0 Å². The van der Waals surface area contributed by atoms with E-state index < -0.39 is 5.60 Å². The number of aryl methyl sites for hydroxylation is 1. The number of aliphatic hydroxyl groups is 1. The monoisotopic (exact) mass is 208 g/mol. The minimum Gasteiger partial charge on any atom is -0.494 e. The van der Waals surface area contributed by atoms with E-state index in [1.165, 1.54) is 5.56 Å². The first-order valence-electron chi connectivity index (χ1n) is 5.45. The number of hydrogen-bond donors (Lipinski definition) is 1. The van der Waals surface area contributed by atoms with Crippen LogP contribution < -0.4 is 4.74 Å². The normalized spacial score (nSPS) is 11.5. The van der Waals surface area contributed by atoms with Gasteiger partial charge >= 0.3 is 0 Å². The van der Waals surface area contributed by atoms with Gasteiger partial charge in [0, 0.05) is 0 Å².